The average molecular weight is 239 g/mol. The van der Waals surface area contributed by atoms with Gasteiger partial charge in [0.2, 0.25) is 0 Å². The molecular weight excluding hydrogens is 218 g/mol. The first-order valence-electron chi connectivity index (χ1n) is 5.70. The number of hydrogen-bond donors (Lipinski definition) is 2. The lowest BCUT2D eigenvalue weighted by molar-refractivity contribution is 0.254. The van der Waals surface area contributed by atoms with Gasteiger partial charge in [-0.2, -0.15) is 11.8 Å². The zero-order valence-electron chi connectivity index (χ0n) is 10.1. The van der Waals surface area contributed by atoms with Crippen molar-refractivity contribution in [2.24, 2.45) is 0 Å². The maximum Gasteiger partial charge on any atom is 0.0581 e. The fourth-order valence-corrected chi connectivity index (χ4v) is 2.35. The highest BCUT2D eigenvalue weighted by Crippen LogP contribution is 2.15. The molecule has 1 rings (SSSR count). The number of benzene rings is 1. The predicted molar refractivity (Wildman–Crippen MR) is 71.9 cm³/mol. The van der Waals surface area contributed by atoms with Crippen molar-refractivity contribution in [2.45, 2.75) is 25.6 Å². The van der Waals surface area contributed by atoms with Crippen LogP contribution in [0.25, 0.3) is 0 Å². The maximum atomic E-state index is 8.84. The van der Waals surface area contributed by atoms with E-state index >= 15 is 0 Å². The van der Waals surface area contributed by atoms with E-state index in [2.05, 4.69) is 36.5 Å². The van der Waals surface area contributed by atoms with E-state index in [1.165, 1.54) is 11.1 Å². The van der Waals surface area contributed by atoms with Gasteiger partial charge in [-0.3, -0.25) is 0 Å². The number of aliphatic hydroxyl groups excluding tert-OH is 1. The molecule has 0 amide bonds. The van der Waals surface area contributed by atoms with Gasteiger partial charge in [0.25, 0.3) is 0 Å². The van der Waals surface area contributed by atoms with Gasteiger partial charge in [0, 0.05) is 24.1 Å². The summed E-state index contributed by atoms with van der Waals surface area (Å²) in [4.78, 5) is 0. The number of aryl methyl sites for hydroxylation is 1. The molecule has 16 heavy (non-hydrogen) atoms. The second-order valence-corrected chi connectivity index (χ2v) is 5.12. The van der Waals surface area contributed by atoms with Crippen LogP contribution in [0.3, 0.4) is 0 Å². The lowest BCUT2D eigenvalue weighted by atomic mass is 10.1. The molecule has 0 unspecified atom stereocenters. The van der Waals surface area contributed by atoms with Crippen molar-refractivity contribution in [3.05, 3.63) is 35.4 Å². The Hall–Kier alpha value is -0.510. The van der Waals surface area contributed by atoms with E-state index in [0.29, 0.717) is 0 Å². The fourth-order valence-electron chi connectivity index (χ4n) is 1.40. The van der Waals surface area contributed by atoms with Gasteiger partial charge in [-0.25, -0.2) is 0 Å². The van der Waals surface area contributed by atoms with Crippen LogP contribution in [0.1, 0.15) is 18.1 Å². The zero-order valence-corrected chi connectivity index (χ0v) is 10.9. The smallest absolute Gasteiger partial charge is 0.0581 e. The van der Waals surface area contributed by atoms with Crippen molar-refractivity contribution in [2.75, 3.05) is 18.9 Å². The van der Waals surface area contributed by atoms with Gasteiger partial charge in [-0.15, -0.1) is 0 Å². The Kier molecular flexibility index (Phi) is 6.53. The first kappa shape index (κ1) is 13.6. The van der Waals surface area contributed by atoms with Gasteiger partial charge in [0.15, 0.2) is 0 Å². The third-order valence-corrected chi connectivity index (χ3v) is 3.54. The number of thioether (sulfide) groups is 1. The summed E-state index contributed by atoms with van der Waals surface area (Å²) in [6, 6.07) is 8.72. The van der Waals surface area contributed by atoms with E-state index in [4.69, 9.17) is 5.11 Å². The summed E-state index contributed by atoms with van der Waals surface area (Å²) in [6.45, 7) is 5.31. The van der Waals surface area contributed by atoms with Gasteiger partial charge in [-0.1, -0.05) is 24.3 Å². The number of rotatable bonds is 7. The highest BCUT2D eigenvalue weighted by atomic mass is 32.2. The monoisotopic (exact) mass is 239 g/mol. The molecule has 90 valence electrons. The van der Waals surface area contributed by atoms with E-state index in [0.717, 1.165) is 18.1 Å². The van der Waals surface area contributed by atoms with Crippen molar-refractivity contribution in [3.8, 4) is 0 Å². The zero-order chi connectivity index (χ0) is 11.8. The van der Waals surface area contributed by atoms with Gasteiger partial charge in [0.1, 0.15) is 0 Å². The number of hydrogen-bond acceptors (Lipinski definition) is 3. The Morgan fingerprint density at radius 1 is 1.38 bits per heavy atom. The molecule has 0 spiro atoms. The van der Waals surface area contributed by atoms with Crippen LogP contribution in [0.2, 0.25) is 0 Å². The molecule has 0 aliphatic heterocycles. The van der Waals surface area contributed by atoms with Crippen LogP contribution < -0.4 is 5.32 Å². The molecular formula is C13H21NOS. The Morgan fingerprint density at radius 2 is 2.12 bits per heavy atom. The van der Waals surface area contributed by atoms with E-state index in [9.17, 15) is 0 Å². The molecule has 0 saturated heterocycles. The lowest BCUT2D eigenvalue weighted by Crippen LogP contribution is -2.31. The molecule has 2 N–H and O–H groups in total. The van der Waals surface area contributed by atoms with E-state index < -0.39 is 0 Å². The largest absolute Gasteiger partial charge is 0.395 e. The average Bonchev–Trinajstić information content (AvgIpc) is 2.30. The molecule has 3 heteroatoms. The maximum absolute atomic E-state index is 8.84. The first-order chi connectivity index (χ1) is 7.74. The van der Waals surface area contributed by atoms with Crippen LogP contribution in [0.5, 0.6) is 0 Å². The normalized spacial score (nSPS) is 12.7. The third-order valence-electron chi connectivity index (χ3n) is 2.53. The summed E-state index contributed by atoms with van der Waals surface area (Å²) in [5.41, 5.74) is 2.79. The minimum absolute atomic E-state index is 0.207. The summed E-state index contributed by atoms with van der Waals surface area (Å²) >= 11 is 1.93. The van der Waals surface area contributed by atoms with Gasteiger partial charge in [0.05, 0.1) is 6.61 Å². The highest BCUT2D eigenvalue weighted by molar-refractivity contribution is 7.98. The summed E-state index contributed by atoms with van der Waals surface area (Å²) < 4.78 is 0. The van der Waals surface area contributed by atoms with Crippen molar-refractivity contribution in [1.82, 2.24) is 5.32 Å². The molecule has 0 bridgehead atoms. The molecule has 2 nitrogen and oxygen atoms in total. The van der Waals surface area contributed by atoms with Crippen LogP contribution in [0, 0.1) is 6.92 Å². The van der Waals surface area contributed by atoms with Crippen molar-refractivity contribution in [1.29, 1.82) is 0 Å². The Morgan fingerprint density at radius 3 is 2.81 bits per heavy atom. The molecule has 1 aromatic rings. The molecule has 0 fully saturated rings. The van der Waals surface area contributed by atoms with E-state index in [1.54, 1.807) is 0 Å². The second-order valence-electron chi connectivity index (χ2n) is 4.02. The van der Waals surface area contributed by atoms with Gasteiger partial charge >= 0.3 is 0 Å². The predicted octanol–water partition coefficient (Wildman–Crippen LogP) is 2.20. The van der Waals surface area contributed by atoms with Gasteiger partial charge < -0.3 is 10.4 Å². The Balaban J connectivity index is 2.14. The van der Waals surface area contributed by atoms with Crippen molar-refractivity contribution in [3.63, 3.8) is 0 Å². The summed E-state index contributed by atoms with van der Waals surface area (Å²) in [7, 11) is 0. The van der Waals surface area contributed by atoms with Crippen LogP contribution in [-0.2, 0) is 5.75 Å². The minimum Gasteiger partial charge on any atom is -0.395 e. The second kappa shape index (κ2) is 7.71. The van der Waals surface area contributed by atoms with Gasteiger partial charge in [-0.05, 0) is 25.0 Å². The fraction of sp³-hybridized carbons (Fsp3) is 0.538. The summed E-state index contributed by atoms with van der Waals surface area (Å²) in [5.74, 6) is 2.15. The van der Waals surface area contributed by atoms with Crippen molar-refractivity contribution < 1.29 is 5.11 Å². The summed E-state index contributed by atoms with van der Waals surface area (Å²) in [5, 5.41) is 12.1. The summed E-state index contributed by atoms with van der Waals surface area (Å²) in [6.07, 6.45) is 0. The highest BCUT2D eigenvalue weighted by Gasteiger charge is 1.99. The molecule has 1 aromatic carbocycles. The molecule has 1 atom stereocenters. The molecule has 0 aliphatic carbocycles. The minimum atomic E-state index is 0.207. The van der Waals surface area contributed by atoms with Crippen molar-refractivity contribution >= 4 is 11.8 Å². The van der Waals surface area contributed by atoms with Crippen LogP contribution >= 0.6 is 11.8 Å². The standard InChI is InChI=1S/C13H21NOS/c1-11-5-3-4-6-13(11)10-16-8-7-14-12(2)9-15/h3-6,12,14-15H,7-10H2,1-2H3/t12-/m1/s1. The topological polar surface area (TPSA) is 32.3 Å². The number of nitrogens with one attached hydrogen (secondary N) is 1. The van der Waals surface area contributed by atoms with E-state index in [1.807, 2.05) is 18.7 Å². The van der Waals surface area contributed by atoms with Crippen LogP contribution in [0.4, 0.5) is 0 Å². The molecule has 0 aliphatic rings. The van der Waals surface area contributed by atoms with Crippen LogP contribution in [0.15, 0.2) is 24.3 Å². The Bertz CT molecular complexity index is 304. The third kappa shape index (κ3) is 5.01. The first-order valence-corrected chi connectivity index (χ1v) is 6.86. The lowest BCUT2D eigenvalue weighted by Gasteiger charge is -2.10. The Labute approximate surface area is 102 Å². The quantitative estimate of drug-likeness (QED) is 0.716. The molecule has 0 heterocycles. The van der Waals surface area contributed by atoms with Crippen LogP contribution in [-0.4, -0.2) is 30.1 Å². The number of aliphatic hydroxyl groups is 1. The van der Waals surface area contributed by atoms with E-state index in [-0.39, 0.29) is 12.6 Å². The SMILES string of the molecule is Cc1ccccc1CSCCN[C@H](C)CO. The molecule has 0 aromatic heterocycles. The molecule has 0 saturated carbocycles. The molecule has 0 radical (unpaired) electrons.